The Kier molecular flexibility index (Phi) is 4.25. The molecule has 1 fully saturated rings. The Morgan fingerprint density at radius 2 is 2.04 bits per heavy atom. The molecular formula is C23H27FN4. The first-order valence-electron chi connectivity index (χ1n) is 10.1. The topological polar surface area (TPSA) is 24.3 Å². The first-order valence-corrected chi connectivity index (χ1v) is 10.1. The molecule has 1 saturated heterocycles. The molecule has 0 bridgehead atoms. The minimum Gasteiger partial charge on any atom is -0.349 e. The second-order valence-corrected chi connectivity index (χ2v) is 8.55. The number of fused-ring (bicyclic) bond motifs is 2. The fourth-order valence-electron chi connectivity index (χ4n) is 5.43. The maximum Gasteiger partial charge on any atom is 0.128 e. The van der Waals surface area contributed by atoms with Crippen molar-refractivity contribution in [2.45, 2.75) is 30.8 Å². The highest BCUT2D eigenvalue weighted by Gasteiger charge is 2.41. The molecule has 2 aromatic heterocycles. The molecule has 0 N–H and O–H groups in total. The van der Waals surface area contributed by atoms with Crippen LogP contribution in [0.25, 0.3) is 10.9 Å². The highest BCUT2D eigenvalue weighted by molar-refractivity contribution is 5.83. The van der Waals surface area contributed by atoms with Gasteiger partial charge in [-0.15, -0.1) is 0 Å². The zero-order chi connectivity index (χ0) is 19.4. The van der Waals surface area contributed by atoms with Crippen molar-refractivity contribution in [3.05, 3.63) is 65.4 Å². The molecule has 5 heteroatoms. The van der Waals surface area contributed by atoms with Crippen molar-refractivity contribution in [3.8, 4) is 0 Å². The van der Waals surface area contributed by atoms with Crippen LogP contribution in [0.5, 0.6) is 0 Å². The smallest absolute Gasteiger partial charge is 0.128 e. The first-order chi connectivity index (χ1) is 13.5. The van der Waals surface area contributed by atoms with E-state index in [1.807, 2.05) is 18.5 Å². The molecule has 3 heterocycles. The van der Waals surface area contributed by atoms with Crippen LogP contribution in [0.2, 0.25) is 0 Å². The third-order valence-electron chi connectivity index (χ3n) is 6.81. The monoisotopic (exact) mass is 378 g/mol. The summed E-state index contributed by atoms with van der Waals surface area (Å²) in [5, 5.41) is 1.29. The van der Waals surface area contributed by atoms with Crippen molar-refractivity contribution < 1.29 is 4.39 Å². The Morgan fingerprint density at radius 1 is 1.18 bits per heavy atom. The van der Waals surface area contributed by atoms with Crippen molar-refractivity contribution in [1.82, 2.24) is 19.4 Å². The minimum atomic E-state index is -0.0407. The van der Waals surface area contributed by atoms with Gasteiger partial charge in [-0.2, -0.15) is 0 Å². The number of likely N-dealkylation sites (N-methyl/N-ethyl adjacent to an activating group) is 1. The number of benzene rings is 1. The molecule has 3 atom stereocenters. The van der Waals surface area contributed by atoms with E-state index in [2.05, 4.69) is 58.8 Å². The summed E-state index contributed by atoms with van der Waals surface area (Å²) in [4.78, 5) is 9.15. The van der Waals surface area contributed by atoms with Gasteiger partial charge < -0.3 is 9.47 Å². The van der Waals surface area contributed by atoms with Gasteiger partial charge >= 0.3 is 0 Å². The molecule has 5 rings (SSSR count). The van der Waals surface area contributed by atoms with E-state index in [1.54, 1.807) is 6.07 Å². The van der Waals surface area contributed by atoms with Crippen molar-refractivity contribution in [3.63, 3.8) is 0 Å². The number of aromatic nitrogens is 2. The number of hydrogen-bond donors (Lipinski definition) is 0. The average molecular weight is 378 g/mol. The number of rotatable bonds is 3. The predicted octanol–water partition coefficient (Wildman–Crippen LogP) is 3.73. The molecule has 0 amide bonds. The molecule has 1 aromatic carbocycles. The number of hydrogen-bond acceptors (Lipinski definition) is 3. The van der Waals surface area contributed by atoms with Crippen LogP contribution in [0, 0.1) is 5.82 Å². The van der Waals surface area contributed by atoms with Crippen LogP contribution in [-0.4, -0.2) is 52.6 Å². The van der Waals surface area contributed by atoms with Gasteiger partial charge in [-0.25, -0.2) is 4.39 Å². The zero-order valence-corrected chi connectivity index (χ0v) is 16.8. The summed E-state index contributed by atoms with van der Waals surface area (Å²) in [5.74, 6) is 0.359. The molecule has 1 unspecified atom stereocenters. The van der Waals surface area contributed by atoms with Crippen LogP contribution in [-0.2, 0) is 13.5 Å². The van der Waals surface area contributed by atoms with E-state index in [0.717, 1.165) is 31.5 Å². The maximum atomic E-state index is 14.6. The van der Waals surface area contributed by atoms with Gasteiger partial charge in [0.2, 0.25) is 0 Å². The summed E-state index contributed by atoms with van der Waals surface area (Å²) >= 11 is 0. The molecule has 0 saturated carbocycles. The number of likely N-dealkylation sites (tertiary alicyclic amines) is 1. The molecule has 0 spiro atoms. The lowest BCUT2D eigenvalue weighted by Crippen LogP contribution is -2.35. The largest absolute Gasteiger partial charge is 0.349 e. The summed E-state index contributed by atoms with van der Waals surface area (Å²) in [6, 6.07) is 8.29. The molecule has 1 aliphatic carbocycles. The maximum absolute atomic E-state index is 14.6. The van der Waals surface area contributed by atoms with E-state index >= 15 is 0 Å². The van der Waals surface area contributed by atoms with Gasteiger partial charge in [-0.3, -0.25) is 9.88 Å². The van der Waals surface area contributed by atoms with Crippen LogP contribution >= 0.6 is 0 Å². The molecule has 146 valence electrons. The second kappa shape index (κ2) is 6.68. The van der Waals surface area contributed by atoms with Crippen LogP contribution in [0.4, 0.5) is 4.39 Å². The van der Waals surface area contributed by atoms with E-state index in [9.17, 15) is 4.39 Å². The van der Waals surface area contributed by atoms with E-state index in [4.69, 9.17) is 0 Å². The lowest BCUT2D eigenvalue weighted by Gasteiger charge is -2.26. The number of halogens is 1. The van der Waals surface area contributed by atoms with Crippen molar-refractivity contribution in [1.29, 1.82) is 0 Å². The van der Waals surface area contributed by atoms with Crippen molar-refractivity contribution >= 4 is 10.9 Å². The Morgan fingerprint density at radius 3 is 2.86 bits per heavy atom. The van der Waals surface area contributed by atoms with Crippen LogP contribution in [0.15, 0.2) is 42.9 Å². The fourth-order valence-corrected chi connectivity index (χ4v) is 5.43. The highest BCUT2D eigenvalue weighted by atomic mass is 19.1. The molecule has 1 aliphatic heterocycles. The van der Waals surface area contributed by atoms with Gasteiger partial charge in [0.05, 0.1) is 11.7 Å². The van der Waals surface area contributed by atoms with Gasteiger partial charge in [0.1, 0.15) is 5.82 Å². The lowest BCUT2D eigenvalue weighted by molar-refractivity contribution is 0.213. The number of pyridine rings is 1. The SMILES string of the molecule is CN(C)[C@H]1CN(C2CCc3cccc(F)c32)C[C@@H]1c1cn(C)c2cnccc12. The van der Waals surface area contributed by atoms with Gasteiger partial charge in [0.25, 0.3) is 0 Å². The van der Waals surface area contributed by atoms with Crippen LogP contribution in [0.1, 0.15) is 35.1 Å². The number of aryl methyl sites for hydroxylation is 2. The molecular weight excluding hydrogens is 351 g/mol. The predicted molar refractivity (Wildman–Crippen MR) is 110 cm³/mol. The van der Waals surface area contributed by atoms with Crippen LogP contribution < -0.4 is 0 Å². The van der Waals surface area contributed by atoms with E-state index in [1.165, 1.54) is 22.0 Å². The summed E-state index contributed by atoms with van der Waals surface area (Å²) in [7, 11) is 6.42. The third-order valence-corrected chi connectivity index (χ3v) is 6.81. The Hall–Kier alpha value is -2.24. The van der Waals surface area contributed by atoms with E-state index < -0.39 is 0 Å². The van der Waals surface area contributed by atoms with E-state index in [0.29, 0.717) is 12.0 Å². The molecule has 0 radical (unpaired) electrons. The van der Waals surface area contributed by atoms with Gasteiger partial charge in [0, 0.05) is 61.5 Å². The van der Waals surface area contributed by atoms with Gasteiger partial charge in [-0.1, -0.05) is 12.1 Å². The normalized spacial score (nSPS) is 25.1. The average Bonchev–Trinajstić information content (AvgIpc) is 3.37. The zero-order valence-electron chi connectivity index (χ0n) is 16.8. The Bertz CT molecular complexity index is 1020. The first kappa shape index (κ1) is 17.8. The fraction of sp³-hybridized carbons (Fsp3) is 0.435. The second-order valence-electron chi connectivity index (χ2n) is 8.55. The summed E-state index contributed by atoms with van der Waals surface area (Å²) in [6.45, 7) is 1.93. The van der Waals surface area contributed by atoms with Gasteiger partial charge in [0.15, 0.2) is 0 Å². The minimum absolute atomic E-state index is 0.0407. The highest BCUT2D eigenvalue weighted by Crippen LogP contribution is 2.43. The molecule has 28 heavy (non-hydrogen) atoms. The van der Waals surface area contributed by atoms with Crippen molar-refractivity contribution in [2.24, 2.45) is 7.05 Å². The number of nitrogens with zero attached hydrogens (tertiary/aromatic N) is 4. The Balaban J connectivity index is 1.52. The third kappa shape index (κ3) is 2.68. The Labute approximate surface area is 165 Å². The molecule has 4 nitrogen and oxygen atoms in total. The molecule has 3 aromatic rings. The summed E-state index contributed by atoms with van der Waals surface area (Å²) in [6.07, 6.45) is 8.08. The van der Waals surface area contributed by atoms with Crippen molar-refractivity contribution in [2.75, 3.05) is 27.2 Å². The summed E-state index contributed by atoms with van der Waals surface area (Å²) < 4.78 is 16.8. The standard InChI is InChI=1S/C23H27FN4/c1-26(2)22-14-28(20-8-7-15-5-4-6-19(24)23(15)20)13-18(22)17-12-27(3)21-11-25-10-9-16(17)21/h4-6,9-12,18,20,22H,7-8,13-14H2,1-3H3/t18-,20?,22+/m1/s1. The lowest BCUT2D eigenvalue weighted by atomic mass is 9.93. The van der Waals surface area contributed by atoms with Gasteiger partial charge in [-0.05, 0) is 50.2 Å². The summed E-state index contributed by atoms with van der Waals surface area (Å²) in [5.41, 5.74) is 4.67. The van der Waals surface area contributed by atoms with Crippen LogP contribution in [0.3, 0.4) is 0 Å². The molecule has 2 aliphatic rings. The van der Waals surface area contributed by atoms with E-state index in [-0.39, 0.29) is 11.9 Å². The quantitative estimate of drug-likeness (QED) is 0.694.